The number of carbonyl (C=O) groups is 3. The Labute approximate surface area is 186 Å². The molecule has 6 nitrogen and oxygen atoms in total. The fourth-order valence-corrected chi connectivity index (χ4v) is 4.71. The Balaban J connectivity index is 1.53. The number of para-hydroxylation sites is 1. The first-order chi connectivity index (χ1) is 15.0. The van der Waals surface area contributed by atoms with E-state index in [4.69, 9.17) is 11.6 Å². The normalized spacial score (nSPS) is 13.0. The summed E-state index contributed by atoms with van der Waals surface area (Å²) < 4.78 is 0.915. The van der Waals surface area contributed by atoms with Crippen molar-refractivity contribution in [1.82, 2.24) is 9.88 Å². The number of carbonyl (C=O) groups excluding carboxylic acids is 3. The summed E-state index contributed by atoms with van der Waals surface area (Å²) in [7, 11) is 0. The molecule has 3 aromatic carbocycles. The minimum absolute atomic E-state index is 0.301. The molecule has 0 N–H and O–H groups in total. The van der Waals surface area contributed by atoms with Gasteiger partial charge in [-0.2, -0.15) is 0 Å². The van der Waals surface area contributed by atoms with Crippen molar-refractivity contribution >= 4 is 61.7 Å². The van der Waals surface area contributed by atoms with Gasteiger partial charge < -0.3 is 0 Å². The number of halogens is 1. The number of hydrogen-bond acceptors (Lipinski definition) is 5. The van der Waals surface area contributed by atoms with Crippen molar-refractivity contribution < 1.29 is 14.4 Å². The second kappa shape index (κ2) is 7.61. The zero-order valence-electron chi connectivity index (χ0n) is 16.0. The number of imide groups is 1. The molecule has 0 saturated heterocycles. The summed E-state index contributed by atoms with van der Waals surface area (Å²) in [6.45, 7) is -0.408. The molecule has 2 heterocycles. The molecule has 31 heavy (non-hydrogen) atoms. The molecule has 0 unspecified atom stereocenters. The first-order valence-electron chi connectivity index (χ1n) is 9.42. The van der Waals surface area contributed by atoms with E-state index in [1.54, 1.807) is 48.5 Å². The molecule has 0 bridgehead atoms. The third-order valence-electron chi connectivity index (χ3n) is 4.96. The van der Waals surface area contributed by atoms with Gasteiger partial charge in [0.1, 0.15) is 6.54 Å². The van der Waals surface area contributed by atoms with Crippen molar-refractivity contribution in [1.29, 1.82) is 0 Å². The Morgan fingerprint density at radius 2 is 1.61 bits per heavy atom. The molecule has 0 fully saturated rings. The molecule has 4 aromatic rings. The van der Waals surface area contributed by atoms with Crippen molar-refractivity contribution in [3.63, 3.8) is 0 Å². The third-order valence-corrected chi connectivity index (χ3v) is 6.22. The van der Waals surface area contributed by atoms with Gasteiger partial charge in [-0.15, -0.1) is 0 Å². The molecule has 0 aliphatic carbocycles. The van der Waals surface area contributed by atoms with Crippen LogP contribution in [0.1, 0.15) is 20.7 Å². The van der Waals surface area contributed by atoms with Crippen LogP contribution in [0.2, 0.25) is 5.02 Å². The van der Waals surface area contributed by atoms with E-state index < -0.39 is 24.3 Å². The van der Waals surface area contributed by atoms with E-state index in [1.165, 1.54) is 16.2 Å². The van der Waals surface area contributed by atoms with Crippen LogP contribution in [0.5, 0.6) is 0 Å². The van der Waals surface area contributed by atoms with E-state index in [0.29, 0.717) is 27.0 Å². The van der Waals surface area contributed by atoms with Crippen LogP contribution in [0.3, 0.4) is 0 Å². The molecule has 3 amide bonds. The Hall–Kier alpha value is -3.55. The lowest BCUT2D eigenvalue weighted by molar-refractivity contribution is -0.118. The van der Waals surface area contributed by atoms with Crippen molar-refractivity contribution in [3.05, 3.63) is 88.9 Å². The van der Waals surface area contributed by atoms with Gasteiger partial charge in [0.25, 0.3) is 17.7 Å². The van der Waals surface area contributed by atoms with Crippen LogP contribution < -0.4 is 4.90 Å². The maximum atomic E-state index is 13.4. The largest absolute Gasteiger partial charge is 0.272 e. The highest BCUT2D eigenvalue weighted by Crippen LogP contribution is 2.35. The van der Waals surface area contributed by atoms with Crippen molar-refractivity contribution in [3.8, 4) is 0 Å². The standard InChI is InChI=1S/C23H14ClN3O3S/c24-14-6-5-7-15(12-14)27(23-25-18-10-3-4-11-19(18)31-23)20(28)13-26-21(29)16-8-1-2-9-17(16)22(26)30/h1-12H,13H2. The molecule has 0 spiro atoms. The maximum Gasteiger partial charge on any atom is 0.262 e. The quantitative estimate of drug-likeness (QED) is 0.417. The molecule has 0 atom stereocenters. The maximum absolute atomic E-state index is 13.4. The van der Waals surface area contributed by atoms with E-state index in [2.05, 4.69) is 4.98 Å². The number of thiazole rings is 1. The van der Waals surface area contributed by atoms with Crippen LogP contribution in [-0.4, -0.2) is 34.2 Å². The van der Waals surface area contributed by atoms with E-state index in [9.17, 15) is 14.4 Å². The minimum atomic E-state index is -0.482. The molecule has 0 radical (unpaired) electrons. The van der Waals surface area contributed by atoms with E-state index in [1.807, 2.05) is 24.3 Å². The first kappa shape index (κ1) is 19.4. The van der Waals surface area contributed by atoms with E-state index in [-0.39, 0.29) is 0 Å². The van der Waals surface area contributed by atoms with Gasteiger partial charge in [-0.3, -0.25) is 24.2 Å². The summed E-state index contributed by atoms with van der Waals surface area (Å²) in [6, 6.07) is 20.9. The second-order valence-electron chi connectivity index (χ2n) is 6.92. The van der Waals surface area contributed by atoms with Crippen LogP contribution in [0.4, 0.5) is 10.8 Å². The number of nitrogens with zero attached hydrogens (tertiary/aromatic N) is 3. The second-order valence-corrected chi connectivity index (χ2v) is 8.36. The van der Waals surface area contributed by atoms with Crippen LogP contribution in [-0.2, 0) is 4.79 Å². The van der Waals surface area contributed by atoms with Gasteiger partial charge in [0.15, 0.2) is 5.13 Å². The number of hydrogen-bond donors (Lipinski definition) is 0. The van der Waals surface area contributed by atoms with Gasteiger partial charge in [0.05, 0.1) is 27.0 Å². The SMILES string of the molecule is O=C1c2ccccc2C(=O)N1CC(=O)N(c1cccc(Cl)c1)c1nc2ccccc2s1. The van der Waals surface area contributed by atoms with Crippen LogP contribution >= 0.6 is 22.9 Å². The predicted molar refractivity (Wildman–Crippen MR) is 120 cm³/mol. The lowest BCUT2D eigenvalue weighted by Gasteiger charge is -2.23. The third kappa shape index (κ3) is 3.37. The van der Waals surface area contributed by atoms with Gasteiger partial charge in [-0.05, 0) is 42.5 Å². The number of rotatable bonds is 4. The highest BCUT2D eigenvalue weighted by Gasteiger charge is 2.37. The molecule has 1 aromatic heterocycles. The number of fused-ring (bicyclic) bond motifs is 2. The fourth-order valence-electron chi connectivity index (χ4n) is 3.52. The summed E-state index contributed by atoms with van der Waals surface area (Å²) in [5.74, 6) is -1.43. The predicted octanol–water partition coefficient (Wildman–Crippen LogP) is 4.91. The number of amides is 3. The summed E-state index contributed by atoms with van der Waals surface area (Å²) in [4.78, 5) is 45.9. The first-order valence-corrected chi connectivity index (χ1v) is 10.6. The average Bonchev–Trinajstić information content (AvgIpc) is 3.29. The topological polar surface area (TPSA) is 70.6 Å². The van der Waals surface area contributed by atoms with E-state index in [0.717, 1.165) is 15.1 Å². The molecule has 1 aliphatic heterocycles. The Bertz CT molecular complexity index is 1300. The lowest BCUT2D eigenvalue weighted by atomic mass is 10.1. The summed E-state index contributed by atoms with van der Waals surface area (Å²) in [5.41, 5.74) is 1.86. The Morgan fingerprint density at radius 1 is 0.935 bits per heavy atom. The zero-order valence-corrected chi connectivity index (χ0v) is 17.6. The summed E-state index contributed by atoms with van der Waals surface area (Å²) >= 11 is 7.51. The van der Waals surface area contributed by atoms with Gasteiger partial charge >= 0.3 is 0 Å². The molecule has 8 heteroatoms. The van der Waals surface area contributed by atoms with E-state index >= 15 is 0 Å². The number of anilines is 2. The molecule has 1 aliphatic rings. The monoisotopic (exact) mass is 447 g/mol. The Morgan fingerprint density at radius 3 is 2.29 bits per heavy atom. The number of aromatic nitrogens is 1. The van der Waals surface area contributed by atoms with Gasteiger partial charge in [0.2, 0.25) is 0 Å². The van der Waals surface area contributed by atoms with Crippen LogP contribution in [0.25, 0.3) is 10.2 Å². The average molecular weight is 448 g/mol. The summed E-state index contributed by atoms with van der Waals surface area (Å²) in [5, 5.41) is 0.891. The highest BCUT2D eigenvalue weighted by atomic mass is 35.5. The zero-order chi connectivity index (χ0) is 21.5. The Kier molecular flexibility index (Phi) is 4.77. The highest BCUT2D eigenvalue weighted by molar-refractivity contribution is 7.22. The fraction of sp³-hybridized carbons (Fsp3) is 0.0435. The molecule has 0 saturated carbocycles. The van der Waals surface area contributed by atoms with Crippen LogP contribution in [0, 0.1) is 0 Å². The molecule has 5 rings (SSSR count). The summed E-state index contributed by atoms with van der Waals surface area (Å²) in [6.07, 6.45) is 0. The molecule has 152 valence electrons. The van der Waals surface area contributed by atoms with Gasteiger partial charge in [-0.25, -0.2) is 4.98 Å². The van der Waals surface area contributed by atoms with Crippen molar-refractivity contribution in [2.45, 2.75) is 0 Å². The van der Waals surface area contributed by atoms with Crippen molar-refractivity contribution in [2.75, 3.05) is 11.4 Å². The van der Waals surface area contributed by atoms with Gasteiger partial charge in [0, 0.05) is 5.02 Å². The van der Waals surface area contributed by atoms with Crippen LogP contribution in [0.15, 0.2) is 72.8 Å². The molecular formula is C23H14ClN3O3S. The van der Waals surface area contributed by atoms with Gasteiger partial charge in [-0.1, -0.05) is 53.3 Å². The minimum Gasteiger partial charge on any atom is -0.272 e. The number of benzene rings is 3. The smallest absolute Gasteiger partial charge is 0.262 e. The van der Waals surface area contributed by atoms with Crippen molar-refractivity contribution in [2.24, 2.45) is 0 Å². The lowest BCUT2D eigenvalue weighted by Crippen LogP contribution is -2.41. The molecular weight excluding hydrogens is 434 g/mol.